The molecule has 0 radical (unpaired) electrons. The smallest absolute Gasteiger partial charge is 0.359 e. The number of rotatable bonds is 5. The molecule has 0 fully saturated rings. The van der Waals surface area contributed by atoms with Crippen molar-refractivity contribution in [2.45, 2.75) is 0 Å². The van der Waals surface area contributed by atoms with Gasteiger partial charge in [0, 0.05) is 24.0 Å². The van der Waals surface area contributed by atoms with Crippen molar-refractivity contribution in [1.29, 1.82) is 5.26 Å². The monoisotopic (exact) mass is 367 g/mol. The van der Waals surface area contributed by atoms with Crippen LogP contribution in [-0.4, -0.2) is 28.4 Å². The molecular weight excluding hydrogens is 354 g/mol. The minimum absolute atomic E-state index is 0.0786. The minimum Gasteiger partial charge on any atom is -0.386 e. The quantitative estimate of drug-likeness (QED) is 0.145. The van der Waals surface area contributed by atoms with E-state index in [-0.39, 0.29) is 5.56 Å². The van der Waals surface area contributed by atoms with Gasteiger partial charge in [-0.25, -0.2) is 14.4 Å². The van der Waals surface area contributed by atoms with Gasteiger partial charge in [0.05, 0.1) is 5.56 Å². The topological polar surface area (TPSA) is 163 Å². The molecule has 0 aliphatic rings. The summed E-state index contributed by atoms with van der Waals surface area (Å²) in [5.74, 6) is -3.54. The van der Waals surface area contributed by atoms with Crippen molar-refractivity contribution in [3.63, 3.8) is 0 Å². The number of hydrogen-bond acceptors (Lipinski definition) is 7. The molecule has 0 atom stereocenters. The number of hydrogen-bond donors (Lipinski definition) is 2. The second kappa shape index (κ2) is 8.63. The molecule has 136 valence electrons. The van der Waals surface area contributed by atoms with Crippen molar-refractivity contribution in [3.8, 4) is 11.8 Å². The summed E-state index contributed by atoms with van der Waals surface area (Å²) in [5.41, 5.74) is 10.9. The van der Waals surface area contributed by atoms with Crippen molar-refractivity contribution >= 4 is 23.9 Å². The second-order valence-corrected chi connectivity index (χ2v) is 4.89. The largest absolute Gasteiger partial charge is 0.386 e. The van der Waals surface area contributed by atoms with E-state index in [0.29, 0.717) is 23.5 Å². The summed E-state index contributed by atoms with van der Waals surface area (Å²) in [6.07, 6.45) is 3.03. The van der Waals surface area contributed by atoms with Crippen LogP contribution < -0.4 is 11.5 Å². The van der Waals surface area contributed by atoms with E-state index < -0.39 is 23.9 Å². The van der Waals surface area contributed by atoms with Gasteiger partial charge in [0.25, 0.3) is 0 Å². The van der Waals surface area contributed by atoms with Crippen molar-refractivity contribution in [2.75, 3.05) is 0 Å². The first kappa shape index (κ1) is 18.9. The Hall–Kier alpha value is -4.39. The third-order valence-electron chi connectivity index (χ3n) is 3.01. The zero-order valence-electron chi connectivity index (χ0n) is 13.7. The zero-order chi connectivity index (χ0) is 19.8. The number of guanidine groups is 1. The van der Waals surface area contributed by atoms with E-state index >= 15 is 0 Å². The fourth-order valence-corrected chi connectivity index (χ4v) is 1.93. The van der Waals surface area contributed by atoms with Gasteiger partial charge in [-0.05, 0) is 35.5 Å². The van der Waals surface area contributed by atoms with E-state index in [2.05, 4.69) is 14.7 Å². The highest BCUT2D eigenvalue weighted by molar-refractivity contribution is 6.02. The summed E-state index contributed by atoms with van der Waals surface area (Å²) in [6.45, 7) is 0. The van der Waals surface area contributed by atoms with Crippen LogP contribution in [0.2, 0.25) is 0 Å². The predicted molar refractivity (Wildman–Crippen MR) is 91.9 cm³/mol. The van der Waals surface area contributed by atoms with Gasteiger partial charge < -0.3 is 25.6 Å². The number of carbonyl (C=O) groups is 3. The van der Waals surface area contributed by atoms with Crippen LogP contribution in [0.3, 0.4) is 0 Å². The number of nitrogens with two attached hydrogens (primary N) is 2. The standard InChI is InChI=1S/C17H13N5O5/c18-10-13-5-2-8-22(13)12-4-1-3-11(9-12)16(25)26-14(23)6-7-15(24)27-21-17(19)20/h1-9H,(H4,19,20,21)/b7-6+. The lowest BCUT2D eigenvalue weighted by molar-refractivity contribution is -0.139. The van der Waals surface area contributed by atoms with Crippen LogP contribution in [0.1, 0.15) is 16.1 Å². The van der Waals surface area contributed by atoms with Crippen LogP contribution >= 0.6 is 0 Å². The van der Waals surface area contributed by atoms with E-state index in [1.807, 2.05) is 6.07 Å². The third kappa shape index (κ3) is 5.30. The van der Waals surface area contributed by atoms with Crippen LogP contribution in [-0.2, 0) is 19.2 Å². The summed E-state index contributed by atoms with van der Waals surface area (Å²) >= 11 is 0. The first-order valence-corrected chi connectivity index (χ1v) is 7.32. The van der Waals surface area contributed by atoms with Crippen LogP contribution in [0.4, 0.5) is 0 Å². The number of carbonyl (C=O) groups excluding carboxylic acids is 3. The van der Waals surface area contributed by atoms with E-state index in [4.69, 9.17) is 16.7 Å². The van der Waals surface area contributed by atoms with Gasteiger partial charge in [0.15, 0.2) is 0 Å². The summed E-state index contributed by atoms with van der Waals surface area (Å²) in [6, 6.07) is 11.4. The number of ether oxygens (including phenoxy) is 1. The average Bonchev–Trinajstić information content (AvgIpc) is 3.13. The Kier molecular flexibility index (Phi) is 6.06. The molecule has 0 unspecified atom stereocenters. The summed E-state index contributed by atoms with van der Waals surface area (Å²) < 4.78 is 6.18. The molecule has 4 N–H and O–H groups in total. The lowest BCUT2D eigenvalue weighted by atomic mass is 10.2. The number of benzene rings is 1. The maximum Gasteiger partial charge on any atom is 0.359 e. The fourth-order valence-electron chi connectivity index (χ4n) is 1.93. The van der Waals surface area contributed by atoms with Crippen molar-refractivity contribution in [3.05, 3.63) is 66.0 Å². The molecule has 10 nitrogen and oxygen atoms in total. The Morgan fingerprint density at radius 1 is 1.11 bits per heavy atom. The van der Waals surface area contributed by atoms with Crippen molar-refractivity contribution in [2.24, 2.45) is 16.6 Å². The SMILES string of the molecule is N#Cc1cccn1-c1cccc(C(=O)OC(=O)/C=C/C(=O)ON=C(N)N)c1. The van der Waals surface area contributed by atoms with Gasteiger partial charge in [-0.3, -0.25) is 0 Å². The molecule has 2 rings (SSSR count). The minimum atomic E-state index is -1.09. The number of oxime groups is 1. The Bertz CT molecular complexity index is 980. The molecule has 0 spiro atoms. The molecule has 0 aliphatic heterocycles. The maximum atomic E-state index is 12.1. The Morgan fingerprint density at radius 2 is 1.85 bits per heavy atom. The lowest BCUT2D eigenvalue weighted by Crippen LogP contribution is -2.23. The predicted octanol–water partition coefficient (Wildman–Crippen LogP) is 0.320. The van der Waals surface area contributed by atoms with Crippen LogP contribution in [0.5, 0.6) is 0 Å². The number of nitrogens with zero attached hydrogens (tertiary/aromatic N) is 3. The highest BCUT2D eigenvalue weighted by Crippen LogP contribution is 2.15. The molecule has 1 aromatic carbocycles. The molecule has 0 aliphatic carbocycles. The first-order valence-electron chi connectivity index (χ1n) is 7.32. The number of nitriles is 1. The first-order chi connectivity index (χ1) is 12.9. The van der Waals surface area contributed by atoms with E-state index in [0.717, 1.165) is 0 Å². The fraction of sp³-hybridized carbons (Fsp3) is 0. The molecule has 10 heteroatoms. The third-order valence-corrected chi connectivity index (χ3v) is 3.01. The normalized spacial score (nSPS) is 10.0. The molecule has 0 saturated carbocycles. The Morgan fingerprint density at radius 3 is 2.56 bits per heavy atom. The summed E-state index contributed by atoms with van der Waals surface area (Å²) in [4.78, 5) is 39.1. The second-order valence-electron chi connectivity index (χ2n) is 4.89. The van der Waals surface area contributed by atoms with E-state index in [1.165, 1.54) is 12.1 Å². The molecule has 0 amide bonds. The van der Waals surface area contributed by atoms with Gasteiger partial charge >= 0.3 is 17.9 Å². The average molecular weight is 367 g/mol. The van der Waals surface area contributed by atoms with Crippen LogP contribution in [0, 0.1) is 11.3 Å². The Balaban J connectivity index is 2.05. The molecule has 27 heavy (non-hydrogen) atoms. The van der Waals surface area contributed by atoms with Crippen molar-refractivity contribution < 1.29 is 24.0 Å². The summed E-state index contributed by atoms with van der Waals surface area (Å²) in [5, 5.41) is 12.1. The number of aromatic nitrogens is 1. The van der Waals surface area contributed by atoms with Gasteiger partial charge in [0.2, 0.25) is 5.96 Å². The van der Waals surface area contributed by atoms with Gasteiger partial charge in [-0.15, -0.1) is 0 Å². The highest BCUT2D eigenvalue weighted by Gasteiger charge is 2.13. The maximum absolute atomic E-state index is 12.1. The van der Waals surface area contributed by atoms with Crippen molar-refractivity contribution in [1.82, 2.24) is 4.57 Å². The summed E-state index contributed by atoms with van der Waals surface area (Å²) in [7, 11) is 0. The van der Waals surface area contributed by atoms with Crippen LogP contribution in [0.15, 0.2) is 59.9 Å². The van der Waals surface area contributed by atoms with Crippen LogP contribution in [0.25, 0.3) is 5.69 Å². The Labute approximate surface area is 152 Å². The number of esters is 2. The van der Waals surface area contributed by atoms with Gasteiger partial charge in [-0.2, -0.15) is 5.26 Å². The molecule has 1 heterocycles. The molecule has 0 saturated heterocycles. The molecule has 0 bridgehead atoms. The zero-order valence-corrected chi connectivity index (χ0v) is 13.7. The molecule has 1 aromatic heterocycles. The highest BCUT2D eigenvalue weighted by atomic mass is 16.7. The molecular formula is C17H13N5O5. The van der Waals surface area contributed by atoms with Gasteiger partial charge in [-0.1, -0.05) is 6.07 Å². The molecule has 2 aromatic rings. The van der Waals surface area contributed by atoms with E-state index in [1.54, 1.807) is 35.0 Å². The van der Waals surface area contributed by atoms with Gasteiger partial charge in [0.1, 0.15) is 11.8 Å². The lowest BCUT2D eigenvalue weighted by Gasteiger charge is -2.06. The van der Waals surface area contributed by atoms with E-state index in [9.17, 15) is 14.4 Å².